The van der Waals surface area contributed by atoms with Gasteiger partial charge in [-0.3, -0.25) is 4.79 Å². The third kappa shape index (κ3) is 5.30. The van der Waals surface area contributed by atoms with E-state index in [1.165, 1.54) is 0 Å². The molecule has 1 saturated heterocycles. The molecule has 1 N–H and O–H groups in total. The molecule has 25 heavy (non-hydrogen) atoms. The first-order valence-corrected chi connectivity index (χ1v) is 9.55. The second-order valence-electron chi connectivity index (χ2n) is 6.17. The van der Waals surface area contributed by atoms with Crippen LogP contribution in [0.4, 0.5) is 0 Å². The molecule has 2 aromatic rings. The number of nitrogens with one attached hydrogen (secondary N) is 1. The lowest BCUT2D eigenvalue weighted by molar-refractivity contribution is 0.0982. The number of nitrogens with zero attached hydrogens (tertiary/aromatic N) is 3. The van der Waals surface area contributed by atoms with Gasteiger partial charge in [0.05, 0.1) is 0 Å². The summed E-state index contributed by atoms with van der Waals surface area (Å²) in [4.78, 5) is 12.1. The van der Waals surface area contributed by atoms with Gasteiger partial charge in [0.2, 0.25) is 0 Å². The Bertz CT molecular complexity index is 671. The number of benzene rings is 1. The molecule has 5 nitrogen and oxygen atoms in total. The number of carbonyl (C=O) groups is 1. The fourth-order valence-electron chi connectivity index (χ4n) is 3.05. The average molecular weight is 381 g/mol. The molecule has 1 aromatic carbocycles. The third-order valence-electron chi connectivity index (χ3n) is 4.45. The zero-order chi connectivity index (χ0) is 16.8. The highest BCUT2D eigenvalue weighted by Gasteiger charge is 2.21. The van der Waals surface area contributed by atoms with Crippen molar-refractivity contribution in [2.75, 3.05) is 18.8 Å². The Labute approximate surface area is 159 Å². The van der Waals surface area contributed by atoms with Crippen molar-refractivity contribution in [1.82, 2.24) is 20.1 Å². The maximum atomic E-state index is 12.1. The maximum absolute atomic E-state index is 12.1. The molecule has 2 heterocycles. The molecule has 0 atom stereocenters. The first kappa shape index (κ1) is 19.9. The molecule has 0 bridgehead atoms. The summed E-state index contributed by atoms with van der Waals surface area (Å²) in [6, 6.07) is 9.50. The van der Waals surface area contributed by atoms with E-state index in [9.17, 15) is 4.79 Å². The van der Waals surface area contributed by atoms with Crippen LogP contribution in [0.2, 0.25) is 0 Å². The van der Waals surface area contributed by atoms with Gasteiger partial charge in [-0.15, -0.1) is 22.6 Å². The van der Waals surface area contributed by atoms with Gasteiger partial charge in [0.1, 0.15) is 5.82 Å². The molecule has 0 saturated carbocycles. The fourth-order valence-corrected chi connectivity index (χ4v) is 3.91. The first-order chi connectivity index (χ1) is 11.8. The Kier molecular flexibility index (Phi) is 7.93. The molecule has 1 fully saturated rings. The molecule has 3 rings (SSSR count). The summed E-state index contributed by atoms with van der Waals surface area (Å²) in [5.74, 6) is 2.71. The zero-order valence-corrected chi connectivity index (χ0v) is 16.1. The van der Waals surface area contributed by atoms with Crippen LogP contribution < -0.4 is 5.32 Å². The summed E-state index contributed by atoms with van der Waals surface area (Å²) in [7, 11) is 2.05. The van der Waals surface area contributed by atoms with Crippen molar-refractivity contribution in [1.29, 1.82) is 0 Å². The smallest absolute Gasteiger partial charge is 0.190 e. The fraction of sp³-hybridized carbons (Fsp3) is 0.500. The van der Waals surface area contributed by atoms with Gasteiger partial charge in [0.25, 0.3) is 0 Å². The van der Waals surface area contributed by atoms with Gasteiger partial charge >= 0.3 is 0 Å². The van der Waals surface area contributed by atoms with Gasteiger partial charge < -0.3 is 9.88 Å². The molecule has 0 aliphatic carbocycles. The van der Waals surface area contributed by atoms with Gasteiger partial charge in [-0.25, -0.2) is 0 Å². The molecule has 1 aliphatic heterocycles. The molecule has 0 amide bonds. The minimum absolute atomic E-state index is 0. The lowest BCUT2D eigenvalue weighted by Crippen LogP contribution is -2.27. The number of thioether (sulfide) groups is 1. The molecule has 0 unspecified atom stereocenters. The number of rotatable bonds is 7. The summed E-state index contributed by atoms with van der Waals surface area (Å²) in [6.07, 6.45) is 3.69. The van der Waals surface area contributed by atoms with Crippen LogP contribution in [0.5, 0.6) is 0 Å². The summed E-state index contributed by atoms with van der Waals surface area (Å²) in [5.41, 5.74) is 0.800. The molecule has 136 valence electrons. The number of carbonyl (C=O) groups excluding carboxylic acids is 1. The van der Waals surface area contributed by atoms with Crippen LogP contribution in [0.15, 0.2) is 35.5 Å². The van der Waals surface area contributed by atoms with E-state index in [0.29, 0.717) is 12.3 Å². The van der Waals surface area contributed by atoms with E-state index in [1.807, 2.05) is 30.3 Å². The molecule has 0 spiro atoms. The second kappa shape index (κ2) is 9.94. The number of aromatic nitrogens is 3. The van der Waals surface area contributed by atoms with E-state index >= 15 is 0 Å². The molecular weight excluding hydrogens is 356 g/mol. The Morgan fingerprint density at radius 3 is 2.68 bits per heavy atom. The van der Waals surface area contributed by atoms with E-state index in [4.69, 9.17) is 0 Å². The van der Waals surface area contributed by atoms with E-state index in [-0.39, 0.29) is 18.2 Å². The standard InChI is InChI=1S/C18H24N4OS.ClH/c1-22-17(15-9-11-19-12-10-15)20-21-18(22)24-13-5-8-16(23)14-6-3-2-4-7-14;/h2-4,6-7,15,19H,5,8-13H2,1H3;1H. The monoisotopic (exact) mass is 380 g/mol. The van der Waals surface area contributed by atoms with Crippen LogP contribution >= 0.6 is 24.2 Å². The summed E-state index contributed by atoms with van der Waals surface area (Å²) in [6.45, 7) is 2.11. The Balaban J connectivity index is 0.00000225. The lowest BCUT2D eigenvalue weighted by Gasteiger charge is -2.21. The van der Waals surface area contributed by atoms with Gasteiger partial charge in [0, 0.05) is 30.7 Å². The van der Waals surface area contributed by atoms with Gasteiger partial charge in [-0.2, -0.15) is 0 Å². The van der Waals surface area contributed by atoms with E-state index < -0.39 is 0 Å². The Morgan fingerprint density at radius 2 is 1.96 bits per heavy atom. The molecular formula is C18H25ClN4OS. The van der Waals surface area contributed by atoms with Crippen molar-refractivity contribution in [2.45, 2.75) is 36.8 Å². The number of halogens is 1. The number of piperidine rings is 1. The van der Waals surface area contributed by atoms with Crippen LogP contribution in [0.25, 0.3) is 0 Å². The molecule has 7 heteroatoms. The summed E-state index contributed by atoms with van der Waals surface area (Å²) >= 11 is 1.69. The summed E-state index contributed by atoms with van der Waals surface area (Å²) in [5, 5.41) is 13.1. The molecule has 1 aliphatic rings. The lowest BCUT2D eigenvalue weighted by atomic mass is 9.97. The van der Waals surface area contributed by atoms with Gasteiger partial charge in [0.15, 0.2) is 10.9 Å². The second-order valence-corrected chi connectivity index (χ2v) is 7.23. The van der Waals surface area contributed by atoms with Crippen LogP contribution in [0, 0.1) is 0 Å². The summed E-state index contributed by atoms with van der Waals surface area (Å²) < 4.78 is 2.12. The Morgan fingerprint density at radius 1 is 1.24 bits per heavy atom. The SMILES string of the molecule is Cl.Cn1c(SCCCC(=O)c2ccccc2)nnc1C1CCNCC1. The third-order valence-corrected chi connectivity index (χ3v) is 5.55. The van der Waals surface area contributed by atoms with E-state index in [0.717, 1.165) is 54.6 Å². The van der Waals surface area contributed by atoms with Crippen LogP contribution in [0.1, 0.15) is 47.8 Å². The Hall–Kier alpha value is -1.37. The van der Waals surface area contributed by atoms with Crippen molar-refractivity contribution in [2.24, 2.45) is 7.05 Å². The average Bonchev–Trinajstić information content (AvgIpc) is 3.00. The van der Waals surface area contributed by atoms with Crippen LogP contribution in [0.3, 0.4) is 0 Å². The highest BCUT2D eigenvalue weighted by atomic mass is 35.5. The quantitative estimate of drug-likeness (QED) is 0.453. The highest BCUT2D eigenvalue weighted by molar-refractivity contribution is 7.99. The van der Waals surface area contributed by atoms with Crippen molar-refractivity contribution >= 4 is 30.0 Å². The number of hydrogen-bond donors (Lipinski definition) is 1. The zero-order valence-electron chi connectivity index (χ0n) is 14.5. The normalized spacial score (nSPS) is 14.9. The van der Waals surface area contributed by atoms with Crippen LogP contribution in [-0.4, -0.2) is 39.4 Å². The largest absolute Gasteiger partial charge is 0.317 e. The van der Waals surface area contributed by atoms with Crippen molar-refractivity contribution < 1.29 is 4.79 Å². The minimum atomic E-state index is 0. The van der Waals surface area contributed by atoms with Crippen molar-refractivity contribution in [3.63, 3.8) is 0 Å². The van der Waals surface area contributed by atoms with E-state index in [1.54, 1.807) is 11.8 Å². The van der Waals surface area contributed by atoms with Crippen molar-refractivity contribution in [3.05, 3.63) is 41.7 Å². The molecule has 1 aromatic heterocycles. The predicted molar refractivity (Wildman–Crippen MR) is 104 cm³/mol. The topological polar surface area (TPSA) is 59.8 Å². The van der Waals surface area contributed by atoms with Crippen LogP contribution in [-0.2, 0) is 7.05 Å². The first-order valence-electron chi connectivity index (χ1n) is 8.57. The predicted octanol–water partition coefficient (Wildman–Crippen LogP) is 3.46. The highest BCUT2D eigenvalue weighted by Crippen LogP contribution is 2.26. The van der Waals surface area contributed by atoms with E-state index in [2.05, 4.69) is 27.1 Å². The van der Waals surface area contributed by atoms with Crippen molar-refractivity contribution in [3.8, 4) is 0 Å². The minimum Gasteiger partial charge on any atom is -0.317 e. The van der Waals surface area contributed by atoms with Gasteiger partial charge in [-0.05, 0) is 32.4 Å². The maximum Gasteiger partial charge on any atom is 0.190 e. The van der Waals surface area contributed by atoms with Gasteiger partial charge in [-0.1, -0.05) is 42.1 Å². The number of Topliss-reactive ketones (excluding diaryl/α,β-unsaturated/α-hetero) is 1. The number of ketones is 1. The number of hydrogen-bond acceptors (Lipinski definition) is 5. The molecule has 0 radical (unpaired) electrons.